The van der Waals surface area contributed by atoms with E-state index in [9.17, 15) is 8.42 Å². The van der Waals surface area contributed by atoms with Gasteiger partial charge in [0.1, 0.15) is 0 Å². The van der Waals surface area contributed by atoms with Crippen molar-refractivity contribution in [2.24, 2.45) is 0 Å². The molecular formula is C20H26N2O3S. The highest BCUT2D eigenvalue weighted by molar-refractivity contribution is 7.89. The summed E-state index contributed by atoms with van der Waals surface area (Å²) in [4.78, 5) is 4.69. The second-order valence-corrected chi connectivity index (χ2v) is 8.90. The first-order valence-corrected chi connectivity index (χ1v) is 10.5. The quantitative estimate of drug-likeness (QED) is 0.791. The summed E-state index contributed by atoms with van der Waals surface area (Å²) in [6, 6.07) is 10.6. The van der Waals surface area contributed by atoms with E-state index in [1.54, 1.807) is 22.6 Å². The fourth-order valence-corrected chi connectivity index (χ4v) is 5.00. The van der Waals surface area contributed by atoms with Gasteiger partial charge in [-0.1, -0.05) is 30.2 Å². The summed E-state index contributed by atoms with van der Waals surface area (Å²) in [6.45, 7) is 6.35. The molecule has 1 aromatic carbocycles. The lowest BCUT2D eigenvalue weighted by Crippen LogP contribution is -2.38. The van der Waals surface area contributed by atoms with Crippen LogP contribution in [0, 0.1) is 6.92 Å². The molecule has 0 N–H and O–H groups in total. The van der Waals surface area contributed by atoms with E-state index in [2.05, 4.69) is 4.98 Å². The van der Waals surface area contributed by atoms with Crippen LogP contribution < -0.4 is 4.74 Å². The molecule has 0 unspecified atom stereocenters. The van der Waals surface area contributed by atoms with Crippen molar-refractivity contribution in [3.05, 3.63) is 53.7 Å². The topological polar surface area (TPSA) is 59.5 Å². The Morgan fingerprint density at radius 1 is 1.15 bits per heavy atom. The van der Waals surface area contributed by atoms with Gasteiger partial charge in [-0.05, 0) is 51.8 Å². The van der Waals surface area contributed by atoms with Gasteiger partial charge in [0, 0.05) is 18.3 Å². The number of aryl methyl sites for hydroxylation is 1. The van der Waals surface area contributed by atoms with Crippen LogP contribution in [0.4, 0.5) is 0 Å². The van der Waals surface area contributed by atoms with Crippen LogP contribution in [-0.2, 0) is 10.0 Å². The summed E-state index contributed by atoms with van der Waals surface area (Å²) in [5.41, 5.74) is 1.88. The number of aromatic nitrogens is 1. The van der Waals surface area contributed by atoms with Crippen molar-refractivity contribution in [2.75, 3.05) is 6.54 Å². The zero-order chi connectivity index (χ0) is 18.7. The molecule has 0 bridgehead atoms. The van der Waals surface area contributed by atoms with E-state index in [0.717, 1.165) is 30.4 Å². The van der Waals surface area contributed by atoms with Gasteiger partial charge >= 0.3 is 0 Å². The van der Waals surface area contributed by atoms with Gasteiger partial charge in [-0.25, -0.2) is 13.4 Å². The largest absolute Gasteiger partial charge is 0.475 e. The lowest BCUT2D eigenvalue weighted by Gasteiger charge is -2.35. The van der Waals surface area contributed by atoms with Crippen LogP contribution in [-0.4, -0.2) is 30.4 Å². The Balaban J connectivity index is 2.00. The summed E-state index contributed by atoms with van der Waals surface area (Å²) < 4.78 is 34.0. The minimum absolute atomic E-state index is 0.0191. The number of ether oxygens (including phenoxy) is 1. The monoisotopic (exact) mass is 374 g/mol. The number of nitrogens with zero attached hydrogens (tertiary/aromatic N) is 2. The normalized spacial score (nSPS) is 18.8. The lowest BCUT2D eigenvalue weighted by molar-refractivity contribution is 0.211. The Morgan fingerprint density at radius 3 is 2.58 bits per heavy atom. The summed E-state index contributed by atoms with van der Waals surface area (Å²) in [6.07, 6.45) is 4.28. The molecule has 2 heterocycles. The van der Waals surface area contributed by atoms with Gasteiger partial charge in [-0.3, -0.25) is 0 Å². The van der Waals surface area contributed by atoms with E-state index in [4.69, 9.17) is 4.74 Å². The first kappa shape index (κ1) is 18.9. The third-order valence-corrected chi connectivity index (χ3v) is 6.51. The number of hydrogen-bond acceptors (Lipinski definition) is 4. The lowest BCUT2D eigenvalue weighted by atomic mass is 9.98. The molecule has 140 valence electrons. The van der Waals surface area contributed by atoms with E-state index in [1.807, 2.05) is 45.0 Å². The van der Waals surface area contributed by atoms with Crippen molar-refractivity contribution in [3.63, 3.8) is 0 Å². The molecule has 1 aromatic heterocycles. The second-order valence-electron chi connectivity index (χ2n) is 7.00. The molecule has 0 amide bonds. The zero-order valence-electron chi connectivity index (χ0n) is 15.6. The van der Waals surface area contributed by atoms with Crippen LogP contribution in [0.1, 0.15) is 50.3 Å². The number of hydrogen-bond donors (Lipinski definition) is 0. The molecule has 1 aliphatic heterocycles. The summed E-state index contributed by atoms with van der Waals surface area (Å²) >= 11 is 0. The van der Waals surface area contributed by atoms with Crippen LogP contribution in [0.15, 0.2) is 47.5 Å². The SMILES string of the molecule is Cc1ccc(S(=O)(=O)N2CCCC[C@@H]2c2cccnc2OC(C)C)cc1. The zero-order valence-corrected chi connectivity index (χ0v) is 16.4. The van der Waals surface area contributed by atoms with Gasteiger partial charge in [0.05, 0.1) is 17.0 Å². The van der Waals surface area contributed by atoms with Gasteiger partial charge in [-0.2, -0.15) is 4.31 Å². The van der Waals surface area contributed by atoms with Crippen LogP contribution in [0.5, 0.6) is 5.88 Å². The summed E-state index contributed by atoms with van der Waals surface area (Å²) in [5.74, 6) is 0.526. The average Bonchev–Trinajstić information content (AvgIpc) is 2.62. The Labute approximate surface area is 156 Å². The number of sulfonamides is 1. The fourth-order valence-electron chi connectivity index (χ4n) is 3.33. The molecule has 6 heteroatoms. The average molecular weight is 375 g/mol. The maximum atomic E-state index is 13.3. The third-order valence-electron chi connectivity index (χ3n) is 4.59. The molecule has 26 heavy (non-hydrogen) atoms. The molecule has 1 saturated heterocycles. The van der Waals surface area contributed by atoms with Crippen molar-refractivity contribution in [1.29, 1.82) is 0 Å². The van der Waals surface area contributed by atoms with Crippen molar-refractivity contribution < 1.29 is 13.2 Å². The van der Waals surface area contributed by atoms with E-state index >= 15 is 0 Å². The second kappa shape index (κ2) is 7.76. The third kappa shape index (κ3) is 3.91. The van der Waals surface area contributed by atoms with E-state index in [0.29, 0.717) is 17.3 Å². The predicted octanol–water partition coefficient (Wildman–Crippen LogP) is 4.09. The molecule has 0 radical (unpaired) electrons. The van der Waals surface area contributed by atoms with Crippen molar-refractivity contribution in [3.8, 4) is 5.88 Å². The summed E-state index contributed by atoms with van der Waals surface area (Å²) in [7, 11) is -3.57. The van der Waals surface area contributed by atoms with Crippen LogP contribution in [0.25, 0.3) is 0 Å². The molecule has 1 aliphatic rings. The summed E-state index contributed by atoms with van der Waals surface area (Å²) in [5, 5.41) is 0. The molecule has 0 saturated carbocycles. The minimum atomic E-state index is -3.57. The Kier molecular flexibility index (Phi) is 5.63. The molecule has 0 spiro atoms. The van der Waals surface area contributed by atoms with Crippen LogP contribution in [0.2, 0.25) is 0 Å². The van der Waals surface area contributed by atoms with Crippen molar-refractivity contribution >= 4 is 10.0 Å². The molecule has 1 fully saturated rings. The minimum Gasteiger partial charge on any atom is -0.475 e. The van der Waals surface area contributed by atoms with Crippen molar-refractivity contribution in [1.82, 2.24) is 9.29 Å². The van der Waals surface area contributed by atoms with E-state index in [1.165, 1.54) is 0 Å². The van der Waals surface area contributed by atoms with Gasteiger partial charge in [0.2, 0.25) is 15.9 Å². The van der Waals surface area contributed by atoms with E-state index < -0.39 is 10.0 Å². The van der Waals surface area contributed by atoms with Crippen LogP contribution >= 0.6 is 0 Å². The van der Waals surface area contributed by atoms with Crippen molar-refractivity contribution in [2.45, 2.75) is 57.1 Å². The Hall–Kier alpha value is -1.92. The Bertz CT molecular complexity index is 848. The van der Waals surface area contributed by atoms with Crippen LogP contribution in [0.3, 0.4) is 0 Å². The van der Waals surface area contributed by atoms with E-state index in [-0.39, 0.29) is 12.1 Å². The molecule has 1 atom stereocenters. The molecule has 5 nitrogen and oxygen atoms in total. The fraction of sp³-hybridized carbons (Fsp3) is 0.450. The smallest absolute Gasteiger partial charge is 0.243 e. The highest BCUT2D eigenvalue weighted by atomic mass is 32.2. The highest BCUT2D eigenvalue weighted by Gasteiger charge is 2.36. The van der Waals surface area contributed by atoms with Gasteiger partial charge in [0.25, 0.3) is 0 Å². The maximum Gasteiger partial charge on any atom is 0.243 e. The molecule has 0 aliphatic carbocycles. The number of piperidine rings is 1. The standard InChI is InChI=1S/C20H26N2O3S/c1-15(2)25-20-18(7-6-13-21-20)19-8-4-5-14-22(19)26(23,24)17-11-9-16(3)10-12-17/h6-7,9-13,15,19H,4-5,8,14H2,1-3H3/t19-/m1/s1. The van der Waals surface area contributed by atoms with Gasteiger partial charge in [0.15, 0.2) is 0 Å². The first-order valence-electron chi connectivity index (χ1n) is 9.09. The number of benzene rings is 1. The maximum absolute atomic E-state index is 13.3. The molecular weight excluding hydrogens is 348 g/mol. The Morgan fingerprint density at radius 2 is 1.88 bits per heavy atom. The first-order chi connectivity index (χ1) is 12.4. The highest BCUT2D eigenvalue weighted by Crippen LogP contribution is 2.38. The number of rotatable bonds is 5. The molecule has 2 aromatic rings. The molecule has 3 rings (SSSR count). The predicted molar refractivity (Wildman–Crippen MR) is 102 cm³/mol. The van der Waals surface area contributed by atoms with Gasteiger partial charge in [-0.15, -0.1) is 0 Å². The number of pyridine rings is 1. The van der Waals surface area contributed by atoms with Gasteiger partial charge < -0.3 is 4.74 Å².